The predicted octanol–water partition coefficient (Wildman–Crippen LogP) is 4.06. The third kappa shape index (κ3) is 3.07. The van der Waals surface area contributed by atoms with Crippen LogP contribution in [0.1, 0.15) is 36.1 Å². The zero-order chi connectivity index (χ0) is 15.4. The number of nitrogens with one attached hydrogen (secondary N) is 1. The molecule has 0 bridgehead atoms. The van der Waals surface area contributed by atoms with E-state index in [2.05, 4.69) is 11.4 Å². The minimum atomic E-state index is -0.469. The van der Waals surface area contributed by atoms with Gasteiger partial charge in [-0.3, -0.25) is 4.79 Å². The van der Waals surface area contributed by atoms with E-state index in [1.807, 2.05) is 11.4 Å². The minimum Gasteiger partial charge on any atom is -0.355 e. The molecule has 1 fully saturated rings. The van der Waals surface area contributed by atoms with Crippen LogP contribution >= 0.6 is 11.3 Å². The van der Waals surface area contributed by atoms with Gasteiger partial charge in [0.1, 0.15) is 5.82 Å². The molecule has 1 aromatic carbocycles. The van der Waals surface area contributed by atoms with Crippen LogP contribution in [-0.4, -0.2) is 12.5 Å². The highest BCUT2D eigenvalue weighted by atomic mass is 32.1. The second-order valence-electron chi connectivity index (χ2n) is 5.88. The van der Waals surface area contributed by atoms with E-state index in [1.54, 1.807) is 23.5 Å². The predicted molar refractivity (Wildman–Crippen MR) is 87.6 cm³/mol. The van der Waals surface area contributed by atoms with E-state index in [4.69, 9.17) is 0 Å². The van der Waals surface area contributed by atoms with Crippen LogP contribution in [0.25, 0.3) is 0 Å². The Balaban J connectivity index is 1.70. The van der Waals surface area contributed by atoms with Gasteiger partial charge in [0.15, 0.2) is 0 Å². The maximum atomic E-state index is 13.2. The van der Waals surface area contributed by atoms with Crippen molar-refractivity contribution in [1.82, 2.24) is 5.32 Å². The zero-order valence-electron chi connectivity index (χ0n) is 12.5. The van der Waals surface area contributed by atoms with Gasteiger partial charge in [-0.2, -0.15) is 0 Å². The van der Waals surface area contributed by atoms with Crippen molar-refractivity contribution in [2.45, 2.75) is 37.5 Å². The van der Waals surface area contributed by atoms with E-state index in [-0.39, 0.29) is 11.7 Å². The van der Waals surface area contributed by atoms with Gasteiger partial charge >= 0.3 is 0 Å². The first-order chi connectivity index (χ1) is 10.7. The highest BCUT2D eigenvalue weighted by Gasteiger charge is 2.42. The molecule has 4 heteroatoms. The largest absolute Gasteiger partial charge is 0.355 e. The molecular weight excluding hydrogens is 297 g/mol. The topological polar surface area (TPSA) is 29.1 Å². The fourth-order valence-corrected chi connectivity index (χ4v) is 4.03. The lowest BCUT2D eigenvalue weighted by Gasteiger charge is -2.28. The van der Waals surface area contributed by atoms with Crippen LogP contribution in [0.3, 0.4) is 0 Å². The molecule has 0 aliphatic heterocycles. The highest BCUT2D eigenvalue weighted by molar-refractivity contribution is 7.09. The van der Waals surface area contributed by atoms with E-state index in [0.29, 0.717) is 6.54 Å². The van der Waals surface area contributed by atoms with Gasteiger partial charge in [0.25, 0.3) is 0 Å². The molecule has 1 amide bonds. The number of carbonyl (C=O) groups excluding carboxylic acids is 1. The number of carbonyl (C=O) groups is 1. The summed E-state index contributed by atoms with van der Waals surface area (Å²) in [5, 5.41) is 5.14. The van der Waals surface area contributed by atoms with Crippen molar-refractivity contribution in [3.8, 4) is 0 Å². The van der Waals surface area contributed by atoms with Crippen LogP contribution in [0.4, 0.5) is 4.39 Å². The van der Waals surface area contributed by atoms with Gasteiger partial charge in [-0.1, -0.05) is 31.0 Å². The molecule has 0 atom stereocenters. The molecule has 1 aliphatic carbocycles. The van der Waals surface area contributed by atoms with Crippen molar-refractivity contribution in [1.29, 1.82) is 0 Å². The summed E-state index contributed by atoms with van der Waals surface area (Å²) in [4.78, 5) is 14.1. The lowest BCUT2D eigenvalue weighted by Crippen LogP contribution is -2.43. The summed E-state index contributed by atoms with van der Waals surface area (Å²) in [6, 6.07) is 10.5. The normalized spacial score (nSPS) is 16.6. The van der Waals surface area contributed by atoms with Crippen LogP contribution in [0, 0.1) is 5.82 Å². The van der Waals surface area contributed by atoms with Crippen LogP contribution in [-0.2, 0) is 16.6 Å². The molecule has 2 nitrogen and oxygen atoms in total. The molecule has 3 rings (SSSR count). The molecule has 1 saturated carbocycles. The summed E-state index contributed by atoms with van der Waals surface area (Å²) < 4.78 is 13.2. The van der Waals surface area contributed by atoms with Gasteiger partial charge in [0, 0.05) is 11.4 Å². The molecule has 1 aromatic heterocycles. The van der Waals surface area contributed by atoms with E-state index in [1.165, 1.54) is 17.0 Å². The first-order valence-electron chi connectivity index (χ1n) is 7.77. The smallest absolute Gasteiger partial charge is 0.230 e. The number of amides is 1. The van der Waals surface area contributed by atoms with Gasteiger partial charge < -0.3 is 5.32 Å². The number of thiophene rings is 1. The summed E-state index contributed by atoms with van der Waals surface area (Å²) in [5.74, 6) is -0.164. The number of hydrogen-bond acceptors (Lipinski definition) is 2. The maximum absolute atomic E-state index is 13.2. The third-order valence-electron chi connectivity index (χ3n) is 4.53. The Bertz CT molecular complexity index is 615. The lowest BCUT2D eigenvalue weighted by atomic mass is 9.78. The molecule has 22 heavy (non-hydrogen) atoms. The van der Waals surface area contributed by atoms with E-state index < -0.39 is 5.41 Å². The second-order valence-corrected chi connectivity index (χ2v) is 6.91. The number of rotatable bonds is 5. The van der Waals surface area contributed by atoms with Crippen LogP contribution in [0.2, 0.25) is 0 Å². The zero-order valence-corrected chi connectivity index (χ0v) is 13.3. The van der Waals surface area contributed by atoms with Crippen molar-refractivity contribution < 1.29 is 9.18 Å². The first kappa shape index (κ1) is 15.2. The highest BCUT2D eigenvalue weighted by Crippen LogP contribution is 2.41. The number of halogens is 1. The summed E-state index contributed by atoms with van der Waals surface area (Å²) >= 11 is 1.71. The molecule has 0 unspecified atom stereocenters. The van der Waals surface area contributed by atoms with Gasteiger partial charge in [0.05, 0.1) is 5.41 Å². The quantitative estimate of drug-likeness (QED) is 0.885. The van der Waals surface area contributed by atoms with Crippen molar-refractivity contribution >= 4 is 17.2 Å². The summed E-state index contributed by atoms with van der Waals surface area (Å²) in [6.45, 7) is 0.655. The maximum Gasteiger partial charge on any atom is 0.230 e. The van der Waals surface area contributed by atoms with Gasteiger partial charge in [-0.25, -0.2) is 4.39 Å². The first-order valence-corrected chi connectivity index (χ1v) is 8.65. The van der Waals surface area contributed by atoms with Crippen LogP contribution < -0.4 is 5.32 Å². The molecular formula is C18H20FNOS. The van der Waals surface area contributed by atoms with E-state index in [9.17, 15) is 9.18 Å². The van der Waals surface area contributed by atoms with Gasteiger partial charge in [0.2, 0.25) is 5.91 Å². The molecule has 2 aromatic rings. The van der Waals surface area contributed by atoms with E-state index in [0.717, 1.165) is 37.7 Å². The average molecular weight is 317 g/mol. The summed E-state index contributed by atoms with van der Waals surface area (Å²) in [6.07, 6.45) is 4.67. The van der Waals surface area contributed by atoms with Gasteiger partial charge in [-0.15, -0.1) is 11.3 Å². The fourth-order valence-electron chi connectivity index (χ4n) is 3.32. The monoisotopic (exact) mass is 317 g/mol. The standard InChI is InChI=1S/C18H20FNOS/c19-15-7-5-14(6-8-15)18(10-1-2-11-18)17(21)20-12-9-16-4-3-13-22-16/h3-8,13H,1-2,9-12H2,(H,20,21). The average Bonchev–Trinajstić information content (AvgIpc) is 3.20. The van der Waals surface area contributed by atoms with Crippen LogP contribution in [0.15, 0.2) is 41.8 Å². The molecule has 1 aliphatic rings. The molecule has 1 heterocycles. The number of benzene rings is 1. The molecule has 0 spiro atoms. The van der Waals surface area contributed by atoms with E-state index >= 15 is 0 Å². The number of hydrogen-bond donors (Lipinski definition) is 1. The molecule has 0 saturated heterocycles. The molecule has 116 valence electrons. The van der Waals surface area contributed by atoms with Gasteiger partial charge in [-0.05, 0) is 48.4 Å². The molecule has 0 radical (unpaired) electrons. The van der Waals surface area contributed by atoms with Crippen LogP contribution in [0.5, 0.6) is 0 Å². The minimum absolute atomic E-state index is 0.0909. The Labute approximate surface area is 134 Å². The van der Waals surface area contributed by atoms with Crippen molar-refractivity contribution in [3.05, 3.63) is 58.0 Å². The summed E-state index contributed by atoms with van der Waals surface area (Å²) in [7, 11) is 0. The lowest BCUT2D eigenvalue weighted by molar-refractivity contribution is -0.126. The van der Waals surface area contributed by atoms with Crippen molar-refractivity contribution in [3.63, 3.8) is 0 Å². The molecule has 1 N–H and O–H groups in total. The Morgan fingerprint density at radius 3 is 2.55 bits per heavy atom. The summed E-state index contributed by atoms with van der Waals surface area (Å²) in [5.41, 5.74) is 0.475. The fraction of sp³-hybridized carbons (Fsp3) is 0.389. The van der Waals surface area contributed by atoms with Crippen molar-refractivity contribution in [2.75, 3.05) is 6.54 Å². The third-order valence-corrected chi connectivity index (χ3v) is 5.46. The second kappa shape index (κ2) is 6.61. The Morgan fingerprint density at radius 1 is 1.18 bits per heavy atom. The SMILES string of the molecule is O=C(NCCc1cccs1)C1(c2ccc(F)cc2)CCCC1. The van der Waals surface area contributed by atoms with Crippen molar-refractivity contribution in [2.24, 2.45) is 0 Å². The Hall–Kier alpha value is -1.68. The Morgan fingerprint density at radius 2 is 1.91 bits per heavy atom. The Kier molecular flexibility index (Phi) is 4.57.